The van der Waals surface area contributed by atoms with E-state index in [0.717, 1.165) is 65.7 Å². The molecule has 2 aromatic heterocycles. The van der Waals surface area contributed by atoms with Gasteiger partial charge in [0.25, 0.3) is 0 Å². The molecule has 0 saturated heterocycles. The van der Waals surface area contributed by atoms with Crippen LogP contribution in [0.5, 0.6) is 11.5 Å². The Morgan fingerprint density at radius 3 is 2.33 bits per heavy atom. The first-order valence-corrected chi connectivity index (χ1v) is 24.5. The first-order valence-electron chi connectivity index (χ1n) is 24.5. The first kappa shape index (κ1) is 48.5. The van der Waals surface area contributed by atoms with Crippen LogP contribution < -0.4 is 5.73 Å². The highest BCUT2D eigenvalue weighted by Crippen LogP contribution is 2.48. The van der Waals surface area contributed by atoms with Crippen molar-refractivity contribution in [2.24, 2.45) is 29.6 Å². The highest BCUT2D eigenvalue weighted by molar-refractivity contribution is 5.85. The monoisotopic (exact) mass is 898 g/mol. The number of phenolic OH excluding ortho intramolecular Hbond substituents is 2. The number of aromatic nitrogens is 2. The molecule has 5 aromatic rings. The topological polar surface area (TPSA) is 193 Å². The summed E-state index contributed by atoms with van der Waals surface area (Å²) in [6, 6.07) is 28.8. The van der Waals surface area contributed by atoms with Crippen LogP contribution in [0.4, 0.5) is 5.82 Å². The highest BCUT2D eigenvalue weighted by Gasteiger charge is 2.46. The number of rotatable bonds is 23. The zero-order valence-corrected chi connectivity index (χ0v) is 38.6. The minimum Gasteiger partial charge on any atom is -0.508 e. The van der Waals surface area contributed by atoms with Gasteiger partial charge in [0.05, 0.1) is 29.4 Å². The van der Waals surface area contributed by atoms with Crippen molar-refractivity contribution in [3.63, 3.8) is 0 Å². The van der Waals surface area contributed by atoms with E-state index in [1.54, 1.807) is 12.3 Å². The Labute approximate surface area is 390 Å². The van der Waals surface area contributed by atoms with Crippen LogP contribution in [0.15, 0.2) is 109 Å². The second kappa shape index (κ2) is 22.9. The van der Waals surface area contributed by atoms with Gasteiger partial charge in [-0.15, -0.1) is 0 Å². The minimum atomic E-state index is -1.20. The van der Waals surface area contributed by atoms with Crippen LogP contribution in [-0.2, 0) is 24.1 Å². The number of H-pyrrole nitrogens is 1. The summed E-state index contributed by atoms with van der Waals surface area (Å²) in [5.74, 6) is -1.15. The molecule has 8 unspecified atom stereocenters. The van der Waals surface area contributed by atoms with E-state index in [9.17, 15) is 35.4 Å². The number of aliphatic hydroxyl groups excluding tert-OH is 2. The lowest BCUT2D eigenvalue weighted by atomic mass is 9.80. The van der Waals surface area contributed by atoms with Gasteiger partial charge in [0.15, 0.2) is 0 Å². The third-order valence-electron chi connectivity index (χ3n) is 14.6. The van der Waals surface area contributed by atoms with Crippen molar-refractivity contribution >= 4 is 11.8 Å². The maximum Gasteiger partial charge on any atom is 0.309 e. The number of allylic oxidation sites excluding steroid dienone is 1. The number of hydrogen-bond acceptors (Lipinski definition) is 8. The average molecular weight is 898 g/mol. The molecule has 0 amide bonds. The number of aliphatic hydroxyl groups is 3. The fourth-order valence-corrected chi connectivity index (χ4v) is 11.0. The van der Waals surface area contributed by atoms with Crippen LogP contribution in [0.1, 0.15) is 119 Å². The number of carbonyl (C=O) groups is 1. The van der Waals surface area contributed by atoms with Gasteiger partial charge in [0.2, 0.25) is 0 Å². The Hall–Kier alpha value is -5.42. The molecule has 7 rings (SSSR count). The number of phenols is 2. The highest BCUT2D eigenvalue weighted by atomic mass is 16.4. The van der Waals surface area contributed by atoms with Gasteiger partial charge in [-0.05, 0) is 123 Å². The molecule has 9 N–H and O–H groups in total. The number of nitrogen functional groups attached to an aromatic ring is 1. The molecule has 3 aromatic carbocycles. The summed E-state index contributed by atoms with van der Waals surface area (Å²) in [6.07, 6.45) is 17.0. The number of nitrogens with two attached hydrogens (primary N) is 1. The largest absolute Gasteiger partial charge is 0.508 e. The number of nitrogens with one attached hydrogen (secondary N) is 1. The zero-order valence-electron chi connectivity index (χ0n) is 38.6. The van der Waals surface area contributed by atoms with E-state index in [0.29, 0.717) is 67.8 Å². The number of aliphatic carboxylic acids is 1. The summed E-state index contributed by atoms with van der Waals surface area (Å²) < 4.78 is 0. The number of aromatic hydroxyl groups is 2. The summed E-state index contributed by atoms with van der Waals surface area (Å²) in [5.41, 5.74) is 11.7. The zero-order chi connectivity index (χ0) is 46.6. The Bertz CT molecular complexity index is 2350. The minimum absolute atomic E-state index is 0.00482. The maximum absolute atomic E-state index is 12.7. The number of unbranched alkanes of at least 4 members (excludes halogenated alkanes) is 4. The van der Waals surface area contributed by atoms with Gasteiger partial charge in [-0.2, -0.15) is 0 Å². The fraction of sp³-hybridized carbons (Fsp3) is 0.464. The van der Waals surface area contributed by atoms with Crippen molar-refractivity contribution in [3.8, 4) is 33.9 Å². The van der Waals surface area contributed by atoms with E-state index in [1.165, 1.54) is 25.3 Å². The third-order valence-corrected chi connectivity index (χ3v) is 14.6. The molecule has 1 saturated carbocycles. The van der Waals surface area contributed by atoms with Crippen LogP contribution in [-0.4, -0.2) is 64.4 Å². The van der Waals surface area contributed by atoms with Gasteiger partial charge >= 0.3 is 5.97 Å². The number of hydrogen-bond donors (Lipinski definition) is 8. The molecule has 1 fully saturated rings. The van der Waals surface area contributed by atoms with Crippen molar-refractivity contribution in [2.45, 2.75) is 134 Å². The van der Waals surface area contributed by atoms with Crippen molar-refractivity contribution in [2.75, 3.05) is 5.73 Å². The number of pyridine rings is 1. The molecule has 2 heterocycles. The van der Waals surface area contributed by atoms with Gasteiger partial charge in [0, 0.05) is 47.0 Å². The summed E-state index contributed by atoms with van der Waals surface area (Å²) in [5, 5.41) is 67.5. The van der Waals surface area contributed by atoms with Crippen LogP contribution in [0.2, 0.25) is 0 Å². The first-order chi connectivity index (χ1) is 31.9. The van der Waals surface area contributed by atoms with Crippen LogP contribution >= 0.6 is 0 Å². The van der Waals surface area contributed by atoms with Crippen molar-refractivity contribution in [1.29, 1.82) is 0 Å². The molecule has 0 spiro atoms. The molecular weight excluding hydrogens is 827 g/mol. The molecule has 10 nitrogen and oxygen atoms in total. The lowest BCUT2D eigenvalue weighted by Crippen LogP contribution is -2.37. The van der Waals surface area contributed by atoms with E-state index in [-0.39, 0.29) is 48.2 Å². The Kier molecular flexibility index (Phi) is 16.8. The normalized spacial score (nSPS) is 22.6. The number of carboxylic acids is 1. The lowest BCUT2D eigenvalue weighted by Gasteiger charge is -2.32. The van der Waals surface area contributed by atoms with E-state index >= 15 is 0 Å². The fourth-order valence-electron chi connectivity index (χ4n) is 11.0. The number of benzene rings is 3. The summed E-state index contributed by atoms with van der Waals surface area (Å²) in [6.45, 7) is 2.20. The number of nitrogens with zero attached hydrogens (tertiary/aromatic N) is 1. The average Bonchev–Trinajstić information content (AvgIpc) is 3.86. The lowest BCUT2D eigenvalue weighted by molar-refractivity contribution is -0.146. The second-order valence-electron chi connectivity index (χ2n) is 19.5. The second-order valence-corrected chi connectivity index (χ2v) is 19.5. The standard InChI is InChI=1S/C56H71N3O7/c1-2-3-7-14-38-21-22-42(51(62)30-38)19-12-6-13-20-46(55(64)65)50(61)23-25-56(66)36-40(27-39-24-26-58-53(57)31-39)28-43(56)32-44-33-47(41-17-10-5-11-18-41)54(59-44)49-34-45(60)35-52(63)48(49)29-37-15-8-4-9-16-37/h4-5,8-11,15-18,21-22,24,26,31,33-35,38,40,42-43,46,50-51,59-63,66H,2-3,6-7,12-14,19-20,23,25,27-30,32,36H2,1H3,(H2,57,58)(H,64,65). The molecule has 2 aliphatic rings. The molecule has 10 heteroatoms. The molecule has 8 atom stereocenters. The van der Waals surface area contributed by atoms with Crippen molar-refractivity contribution < 1.29 is 35.4 Å². The molecule has 352 valence electrons. The van der Waals surface area contributed by atoms with Crippen LogP contribution in [0.25, 0.3) is 22.4 Å². The van der Waals surface area contributed by atoms with E-state index < -0.39 is 23.6 Å². The molecular formula is C56H71N3O7. The smallest absolute Gasteiger partial charge is 0.309 e. The van der Waals surface area contributed by atoms with Crippen molar-refractivity contribution in [3.05, 3.63) is 132 Å². The van der Waals surface area contributed by atoms with E-state index in [2.05, 4.69) is 35.1 Å². The van der Waals surface area contributed by atoms with Gasteiger partial charge in [-0.25, -0.2) is 4.98 Å². The summed E-state index contributed by atoms with van der Waals surface area (Å²) >= 11 is 0. The van der Waals surface area contributed by atoms with Crippen molar-refractivity contribution in [1.82, 2.24) is 9.97 Å². The SMILES string of the molecule is CCCCCC1C=CC(CCCCCC(C(=O)O)C(O)CCC2(O)CC(Cc3ccnc(N)c3)CC2Cc2cc(-c3ccccc3)c(-c3cc(O)cc(O)c3Cc3ccccc3)[nH]2)C(O)C1. The number of anilines is 1. The maximum atomic E-state index is 12.7. The Balaban J connectivity index is 1.07. The van der Waals surface area contributed by atoms with Crippen LogP contribution in [0, 0.1) is 29.6 Å². The predicted molar refractivity (Wildman–Crippen MR) is 262 cm³/mol. The third kappa shape index (κ3) is 12.7. The Morgan fingerprint density at radius 2 is 1.61 bits per heavy atom. The van der Waals surface area contributed by atoms with Gasteiger partial charge in [-0.3, -0.25) is 4.79 Å². The van der Waals surface area contributed by atoms with Gasteiger partial charge in [0.1, 0.15) is 17.3 Å². The van der Waals surface area contributed by atoms with Gasteiger partial charge in [-0.1, -0.05) is 118 Å². The molecule has 0 aliphatic heterocycles. The molecule has 0 radical (unpaired) electrons. The van der Waals surface area contributed by atoms with Gasteiger partial charge < -0.3 is 41.4 Å². The van der Waals surface area contributed by atoms with Crippen LogP contribution in [0.3, 0.4) is 0 Å². The number of aromatic amines is 1. The molecule has 0 bridgehead atoms. The predicted octanol–water partition coefficient (Wildman–Crippen LogP) is 10.8. The van der Waals surface area contributed by atoms with E-state index in [1.807, 2.05) is 72.8 Å². The quantitative estimate of drug-likeness (QED) is 0.0233. The molecule has 2 aliphatic carbocycles. The number of carboxylic acid groups (broad SMARTS) is 1. The van der Waals surface area contributed by atoms with E-state index in [4.69, 9.17) is 5.73 Å². The Morgan fingerprint density at radius 1 is 0.848 bits per heavy atom. The summed E-state index contributed by atoms with van der Waals surface area (Å²) in [7, 11) is 0. The molecule has 66 heavy (non-hydrogen) atoms. The summed E-state index contributed by atoms with van der Waals surface area (Å²) in [4.78, 5) is 20.4.